The quantitative estimate of drug-likeness (QED) is 0.859. The molecule has 1 fully saturated rings. The van der Waals surface area contributed by atoms with Crippen LogP contribution in [0.15, 0.2) is 22.7 Å². The molecule has 6 nitrogen and oxygen atoms in total. The van der Waals surface area contributed by atoms with E-state index in [-0.39, 0.29) is 12.6 Å². The largest absolute Gasteiger partial charge is 0.338 e. The molecule has 1 aliphatic rings. The zero-order chi connectivity index (χ0) is 17.8. The summed E-state index contributed by atoms with van der Waals surface area (Å²) in [6, 6.07) is 3.79. The van der Waals surface area contributed by atoms with Gasteiger partial charge in [-0.05, 0) is 12.5 Å². The minimum Gasteiger partial charge on any atom is -0.338 e. The lowest BCUT2D eigenvalue weighted by Crippen LogP contribution is -2.47. The number of aromatic nitrogens is 2. The van der Waals surface area contributed by atoms with Crippen LogP contribution in [0, 0.1) is 11.6 Å². The average molecular weight is 351 g/mol. The minimum absolute atomic E-state index is 0.0447. The van der Waals surface area contributed by atoms with Gasteiger partial charge in [-0.1, -0.05) is 18.1 Å². The lowest BCUT2D eigenvalue weighted by atomic mass is 10.0. The summed E-state index contributed by atoms with van der Waals surface area (Å²) in [5.41, 5.74) is 6.03. The molecule has 1 aromatic heterocycles. The van der Waals surface area contributed by atoms with Gasteiger partial charge in [-0.25, -0.2) is 8.78 Å². The van der Waals surface area contributed by atoms with Gasteiger partial charge in [0.15, 0.2) is 5.82 Å². The Bertz CT molecular complexity index is 700. The van der Waals surface area contributed by atoms with E-state index in [9.17, 15) is 8.78 Å². The molecule has 3 rings (SSSR count). The fourth-order valence-electron chi connectivity index (χ4n) is 3.32. The number of halogens is 2. The maximum Gasteiger partial charge on any atom is 0.240 e. The number of benzene rings is 1. The van der Waals surface area contributed by atoms with Crippen LogP contribution in [0.25, 0.3) is 0 Å². The Balaban J connectivity index is 1.60. The van der Waals surface area contributed by atoms with Gasteiger partial charge in [-0.2, -0.15) is 4.98 Å². The molecular weight excluding hydrogens is 328 g/mol. The van der Waals surface area contributed by atoms with E-state index in [1.807, 2.05) is 6.92 Å². The first-order chi connectivity index (χ1) is 12.1. The number of hydrogen-bond acceptors (Lipinski definition) is 6. The Morgan fingerprint density at radius 2 is 2.00 bits per heavy atom. The normalized spacial score (nSPS) is 17.8. The van der Waals surface area contributed by atoms with Gasteiger partial charge in [0.1, 0.15) is 11.6 Å². The lowest BCUT2D eigenvalue weighted by Gasteiger charge is -2.39. The van der Waals surface area contributed by atoms with Crippen molar-refractivity contribution in [3.8, 4) is 0 Å². The topological polar surface area (TPSA) is 71.4 Å². The second-order valence-electron chi connectivity index (χ2n) is 6.21. The third-order valence-electron chi connectivity index (χ3n) is 4.61. The molecule has 136 valence electrons. The van der Waals surface area contributed by atoms with Gasteiger partial charge in [-0.3, -0.25) is 9.80 Å². The van der Waals surface area contributed by atoms with E-state index in [1.165, 1.54) is 6.07 Å². The molecule has 0 aliphatic carbocycles. The molecule has 2 aromatic rings. The molecule has 0 bridgehead atoms. The van der Waals surface area contributed by atoms with Crippen LogP contribution in [0.3, 0.4) is 0 Å². The lowest BCUT2D eigenvalue weighted by molar-refractivity contribution is 0.0862. The monoisotopic (exact) mass is 351 g/mol. The number of hydrogen-bond donors (Lipinski definition) is 1. The van der Waals surface area contributed by atoms with Gasteiger partial charge in [0.05, 0.1) is 13.1 Å². The predicted molar refractivity (Wildman–Crippen MR) is 88.4 cm³/mol. The molecule has 1 aromatic carbocycles. The van der Waals surface area contributed by atoms with Crippen molar-refractivity contribution in [3.05, 3.63) is 47.1 Å². The highest BCUT2D eigenvalue weighted by atomic mass is 19.1. The molecule has 1 unspecified atom stereocenters. The van der Waals surface area contributed by atoms with Crippen molar-refractivity contribution in [3.63, 3.8) is 0 Å². The predicted octanol–water partition coefficient (Wildman–Crippen LogP) is 2.08. The molecule has 1 aliphatic heterocycles. The molecule has 8 heteroatoms. The SMILES string of the molecule is CCC(c1ccc(F)cc1F)N1CCN(Cc2noc(CN)n2)CC1. The zero-order valence-electron chi connectivity index (χ0n) is 14.3. The van der Waals surface area contributed by atoms with Crippen molar-refractivity contribution < 1.29 is 13.3 Å². The summed E-state index contributed by atoms with van der Waals surface area (Å²) in [5, 5.41) is 3.91. The van der Waals surface area contributed by atoms with Crippen LogP contribution in [-0.2, 0) is 13.1 Å². The Kier molecular flexibility index (Phi) is 5.72. The molecule has 1 saturated heterocycles. The van der Waals surface area contributed by atoms with Gasteiger partial charge in [0.2, 0.25) is 5.89 Å². The number of rotatable bonds is 6. The van der Waals surface area contributed by atoms with Crippen LogP contribution in [-0.4, -0.2) is 46.1 Å². The van der Waals surface area contributed by atoms with E-state index >= 15 is 0 Å². The highest BCUT2D eigenvalue weighted by Gasteiger charge is 2.26. The number of nitrogens with zero attached hydrogens (tertiary/aromatic N) is 4. The minimum atomic E-state index is -0.544. The molecular formula is C17H23F2N5O. The van der Waals surface area contributed by atoms with Gasteiger partial charge in [0.25, 0.3) is 0 Å². The molecule has 2 heterocycles. The molecule has 0 saturated carbocycles. The van der Waals surface area contributed by atoms with Crippen LogP contribution < -0.4 is 5.73 Å². The van der Waals surface area contributed by atoms with E-state index in [4.69, 9.17) is 10.3 Å². The van der Waals surface area contributed by atoms with E-state index in [0.717, 1.165) is 38.7 Å². The molecule has 0 radical (unpaired) electrons. The molecule has 0 spiro atoms. The van der Waals surface area contributed by atoms with E-state index in [1.54, 1.807) is 6.07 Å². The summed E-state index contributed by atoms with van der Waals surface area (Å²) in [7, 11) is 0. The summed E-state index contributed by atoms with van der Waals surface area (Å²) in [6.45, 7) is 6.13. The highest BCUT2D eigenvalue weighted by molar-refractivity contribution is 5.22. The van der Waals surface area contributed by atoms with Crippen molar-refractivity contribution in [1.29, 1.82) is 0 Å². The Labute approximate surface area is 145 Å². The smallest absolute Gasteiger partial charge is 0.240 e. The number of nitrogens with two attached hydrogens (primary N) is 1. The fraction of sp³-hybridized carbons (Fsp3) is 0.529. The Morgan fingerprint density at radius 3 is 2.60 bits per heavy atom. The first kappa shape index (κ1) is 17.9. The summed E-state index contributed by atoms with van der Waals surface area (Å²) >= 11 is 0. The Hall–Kier alpha value is -1.90. The third kappa shape index (κ3) is 4.20. The summed E-state index contributed by atoms with van der Waals surface area (Å²) in [5.74, 6) is 0.0465. The van der Waals surface area contributed by atoms with Gasteiger partial charge >= 0.3 is 0 Å². The molecule has 0 amide bonds. The molecule has 25 heavy (non-hydrogen) atoms. The summed E-state index contributed by atoms with van der Waals surface area (Å²) < 4.78 is 32.3. The van der Waals surface area contributed by atoms with Crippen LogP contribution in [0.1, 0.15) is 36.7 Å². The van der Waals surface area contributed by atoms with Gasteiger partial charge < -0.3 is 10.3 Å². The first-order valence-corrected chi connectivity index (χ1v) is 8.53. The van der Waals surface area contributed by atoms with Crippen molar-refractivity contribution in [2.24, 2.45) is 5.73 Å². The van der Waals surface area contributed by atoms with E-state index in [2.05, 4.69) is 19.9 Å². The van der Waals surface area contributed by atoms with E-state index < -0.39 is 11.6 Å². The van der Waals surface area contributed by atoms with E-state index in [0.29, 0.717) is 23.8 Å². The van der Waals surface area contributed by atoms with Crippen LogP contribution in [0.5, 0.6) is 0 Å². The second kappa shape index (κ2) is 7.99. The van der Waals surface area contributed by atoms with Crippen LogP contribution >= 0.6 is 0 Å². The number of piperazine rings is 1. The van der Waals surface area contributed by atoms with Crippen LogP contribution in [0.4, 0.5) is 8.78 Å². The second-order valence-corrected chi connectivity index (χ2v) is 6.21. The fourth-order valence-corrected chi connectivity index (χ4v) is 3.32. The Morgan fingerprint density at radius 1 is 1.24 bits per heavy atom. The van der Waals surface area contributed by atoms with Crippen molar-refractivity contribution in [2.75, 3.05) is 26.2 Å². The van der Waals surface area contributed by atoms with Gasteiger partial charge in [-0.15, -0.1) is 0 Å². The van der Waals surface area contributed by atoms with Crippen molar-refractivity contribution in [1.82, 2.24) is 19.9 Å². The third-order valence-corrected chi connectivity index (χ3v) is 4.61. The first-order valence-electron chi connectivity index (χ1n) is 8.53. The maximum atomic E-state index is 14.1. The standard InChI is InChI=1S/C17H23F2N5O/c1-2-15(13-4-3-12(18)9-14(13)19)24-7-5-23(6-8-24)11-16-21-17(10-20)25-22-16/h3-4,9,15H,2,5-8,10-11,20H2,1H3. The summed E-state index contributed by atoms with van der Waals surface area (Å²) in [4.78, 5) is 8.69. The van der Waals surface area contributed by atoms with Crippen molar-refractivity contribution in [2.45, 2.75) is 32.5 Å². The highest BCUT2D eigenvalue weighted by Crippen LogP contribution is 2.28. The average Bonchev–Trinajstić information content (AvgIpc) is 3.06. The molecule has 2 N–H and O–H groups in total. The zero-order valence-corrected chi connectivity index (χ0v) is 14.3. The summed E-state index contributed by atoms with van der Waals surface area (Å²) in [6.07, 6.45) is 0.771. The molecule has 1 atom stereocenters. The maximum absolute atomic E-state index is 14.1. The van der Waals surface area contributed by atoms with Crippen LogP contribution in [0.2, 0.25) is 0 Å². The van der Waals surface area contributed by atoms with Gasteiger partial charge in [0, 0.05) is 43.9 Å². The van der Waals surface area contributed by atoms with Crippen molar-refractivity contribution >= 4 is 0 Å².